The molecule has 1 fully saturated rings. The van der Waals surface area contributed by atoms with E-state index < -0.39 is 0 Å². The van der Waals surface area contributed by atoms with Crippen molar-refractivity contribution in [2.75, 3.05) is 12.5 Å². The molecule has 1 nitrogen and oxygen atoms in total. The van der Waals surface area contributed by atoms with Crippen LogP contribution >= 0.6 is 11.6 Å². The molecule has 0 N–H and O–H groups in total. The molecule has 0 saturated carbocycles. The van der Waals surface area contributed by atoms with Crippen LogP contribution in [0.2, 0.25) is 0 Å². The Morgan fingerprint density at radius 2 is 2.12 bits per heavy atom. The number of hydrogen-bond acceptors (Lipinski definition) is 1. The van der Waals surface area contributed by atoms with Gasteiger partial charge in [-0.15, -0.1) is 11.6 Å². The summed E-state index contributed by atoms with van der Waals surface area (Å²) in [4.78, 5) is 0. The van der Waals surface area contributed by atoms with Crippen LogP contribution in [-0.4, -0.2) is 18.6 Å². The second-order valence-corrected chi connectivity index (χ2v) is 4.92. The first-order valence-corrected chi connectivity index (χ1v) is 6.76. The first-order valence-electron chi connectivity index (χ1n) is 6.22. The lowest BCUT2D eigenvalue weighted by atomic mass is 9.94. The summed E-state index contributed by atoms with van der Waals surface area (Å²) in [6.07, 6.45) is 4.81. The molecule has 0 amide bonds. The Morgan fingerprint density at radius 3 is 2.71 bits per heavy atom. The van der Waals surface area contributed by atoms with Crippen LogP contribution in [0.3, 0.4) is 0 Å². The van der Waals surface area contributed by atoms with Crippen molar-refractivity contribution in [2.45, 2.75) is 37.7 Å². The lowest BCUT2D eigenvalue weighted by Crippen LogP contribution is -2.09. The van der Waals surface area contributed by atoms with E-state index in [2.05, 4.69) is 0 Å². The first kappa shape index (κ1) is 12.8. The molecule has 0 aliphatic carbocycles. The summed E-state index contributed by atoms with van der Waals surface area (Å²) in [7, 11) is 0. The van der Waals surface area contributed by atoms with E-state index in [1.54, 1.807) is 0 Å². The van der Waals surface area contributed by atoms with Crippen LogP contribution in [0.25, 0.3) is 0 Å². The zero-order chi connectivity index (χ0) is 12.1. The number of halogens is 2. The third kappa shape index (κ3) is 3.68. The van der Waals surface area contributed by atoms with E-state index in [-0.39, 0.29) is 5.82 Å². The fraction of sp³-hybridized carbons (Fsp3) is 0.571. The second kappa shape index (κ2) is 6.36. The van der Waals surface area contributed by atoms with Crippen molar-refractivity contribution in [3.63, 3.8) is 0 Å². The monoisotopic (exact) mass is 256 g/mol. The Morgan fingerprint density at radius 1 is 1.35 bits per heavy atom. The van der Waals surface area contributed by atoms with Gasteiger partial charge in [0.1, 0.15) is 5.82 Å². The van der Waals surface area contributed by atoms with E-state index in [0.717, 1.165) is 25.0 Å². The van der Waals surface area contributed by atoms with Gasteiger partial charge >= 0.3 is 0 Å². The van der Waals surface area contributed by atoms with Crippen LogP contribution in [0.15, 0.2) is 24.3 Å². The molecule has 0 bridgehead atoms. The van der Waals surface area contributed by atoms with E-state index in [4.69, 9.17) is 16.3 Å². The molecular formula is C14H18ClFO. The van der Waals surface area contributed by atoms with Gasteiger partial charge in [-0.1, -0.05) is 12.1 Å². The molecular weight excluding hydrogens is 239 g/mol. The molecule has 1 heterocycles. The quantitative estimate of drug-likeness (QED) is 0.721. The normalized spacial score (nSPS) is 21.6. The molecule has 0 radical (unpaired) electrons. The SMILES string of the molecule is Fc1ccc(C(CCl)CCC2CCCO2)cc1. The van der Waals surface area contributed by atoms with Crippen LogP contribution in [0.5, 0.6) is 0 Å². The maximum absolute atomic E-state index is 12.8. The van der Waals surface area contributed by atoms with Crippen LogP contribution in [0, 0.1) is 5.82 Å². The zero-order valence-electron chi connectivity index (χ0n) is 9.87. The van der Waals surface area contributed by atoms with E-state index in [1.807, 2.05) is 12.1 Å². The smallest absolute Gasteiger partial charge is 0.123 e. The van der Waals surface area contributed by atoms with E-state index in [9.17, 15) is 4.39 Å². The van der Waals surface area contributed by atoms with Crippen molar-refractivity contribution in [1.29, 1.82) is 0 Å². The van der Waals surface area contributed by atoms with E-state index in [1.165, 1.54) is 25.0 Å². The summed E-state index contributed by atoms with van der Waals surface area (Å²) in [5, 5.41) is 0. The van der Waals surface area contributed by atoms with Crippen molar-refractivity contribution in [3.8, 4) is 0 Å². The molecule has 1 aromatic carbocycles. The van der Waals surface area contributed by atoms with Gasteiger partial charge < -0.3 is 4.74 Å². The van der Waals surface area contributed by atoms with Gasteiger partial charge in [0.05, 0.1) is 6.10 Å². The van der Waals surface area contributed by atoms with Crippen molar-refractivity contribution in [1.82, 2.24) is 0 Å². The molecule has 2 unspecified atom stereocenters. The van der Waals surface area contributed by atoms with Gasteiger partial charge in [0, 0.05) is 12.5 Å². The third-order valence-electron chi connectivity index (χ3n) is 3.39. The largest absolute Gasteiger partial charge is 0.378 e. The Kier molecular flexibility index (Phi) is 4.81. The molecule has 3 heteroatoms. The molecule has 94 valence electrons. The minimum absolute atomic E-state index is 0.193. The molecule has 2 rings (SSSR count). The predicted octanol–water partition coefficient (Wildman–Crippen LogP) is 4.11. The van der Waals surface area contributed by atoms with Crippen molar-refractivity contribution in [3.05, 3.63) is 35.6 Å². The van der Waals surface area contributed by atoms with E-state index >= 15 is 0 Å². The molecule has 0 aromatic heterocycles. The lowest BCUT2D eigenvalue weighted by Gasteiger charge is -2.16. The highest BCUT2D eigenvalue weighted by atomic mass is 35.5. The van der Waals surface area contributed by atoms with Gasteiger partial charge in [0.2, 0.25) is 0 Å². The highest BCUT2D eigenvalue weighted by Gasteiger charge is 2.18. The zero-order valence-corrected chi connectivity index (χ0v) is 10.6. The van der Waals surface area contributed by atoms with Gasteiger partial charge in [-0.25, -0.2) is 4.39 Å². The molecule has 17 heavy (non-hydrogen) atoms. The van der Waals surface area contributed by atoms with Crippen molar-refractivity contribution in [2.24, 2.45) is 0 Å². The van der Waals surface area contributed by atoms with Gasteiger partial charge in [-0.2, -0.15) is 0 Å². The molecule has 1 saturated heterocycles. The van der Waals surface area contributed by atoms with Gasteiger partial charge in [-0.05, 0) is 49.3 Å². The topological polar surface area (TPSA) is 9.23 Å². The number of rotatable bonds is 5. The molecule has 2 atom stereocenters. The van der Waals surface area contributed by atoms with Gasteiger partial charge in [0.25, 0.3) is 0 Å². The summed E-state index contributed by atoms with van der Waals surface area (Å²) in [5.74, 6) is 0.695. The molecule has 1 aliphatic rings. The van der Waals surface area contributed by atoms with Gasteiger partial charge in [-0.3, -0.25) is 0 Å². The number of hydrogen-bond donors (Lipinski definition) is 0. The van der Waals surface area contributed by atoms with Crippen molar-refractivity contribution >= 4 is 11.6 Å². The highest BCUT2D eigenvalue weighted by molar-refractivity contribution is 6.18. The minimum Gasteiger partial charge on any atom is -0.378 e. The third-order valence-corrected chi connectivity index (χ3v) is 3.76. The standard InChI is InChI=1S/C14H18ClFO/c15-10-12(5-8-14-2-1-9-17-14)11-3-6-13(16)7-4-11/h3-4,6-7,12,14H,1-2,5,8-10H2. The van der Waals surface area contributed by atoms with Crippen LogP contribution in [-0.2, 0) is 4.74 Å². The molecule has 1 aliphatic heterocycles. The average Bonchev–Trinajstić information content (AvgIpc) is 2.85. The Labute approximate surface area is 107 Å². The summed E-state index contributed by atoms with van der Waals surface area (Å²) >= 11 is 5.99. The van der Waals surface area contributed by atoms with E-state index in [0.29, 0.717) is 17.9 Å². The highest BCUT2D eigenvalue weighted by Crippen LogP contribution is 2.26. The summed E-state index contributed by atoms with van der Waals surface area (Å²) in [5.41, 5.74) is 1.12. The van der Waals surface area contributed by atoms with Gasteiger partial charge in [0.15, 0.2) is 0 Å². The summed E-state index contributed by atoms with van der Waals surface area (Å²) < 4.78 is 18.4. The first-order chi connectivity index (χ1) is 8.29. The fourth-order valence-electron chi connectivity index (χ4n) is 2.33. The van der Waals surface area contributed by atoms with Crippen LogP contribution in [0.1, 0.15) is 37.2 Å². The van der Waals surface area contributed by atoms with Crippen molar-refractivity contribution < 1.29 is 9.13 Å². The molecule has 1 aromatic rings. The summed E-state index contributed by atoms with van der Waals surface area (Å²) in [6, 6.07) is 6.66. The Bertz CT molecular complexity index is 333. The molecule has 0 spiro atoms. The number of alkyl halides is 1. The number of benzene rings is 1. The second-order valence-electron chi connectivity index (χ2n) is 4.62. The average molecular weight is 257 g/mol. The van der Waals surface area contributed by atoms with Crippen LogP contribution < -0.4 is 0 Å². The maximum Gasteiger partial charge on any atom is 0.123 e. The fourth-order valence-corrected chi connectivity index (χ4v) is 2.66. The Hall–Kier alpha value is -0.600. The maximum atomic E-state index is 12.8. The Balaban J connectivity index is 1.89. The summed E-state index contributed by atoms with van der Waals surface area (Å²) in [6.45, 7) is 0.896. The lowest BCUT2D eigenvalue weighted by molar-refractivity contribution is 0.101. The van der Waals surface area contributed by atoms with Crippen LogP contribution in [0.4, 0.5) is 4.39 Å². The minimum atomic E-state index is -0.193. The number of ether oxygens (including phenoxy) is 1. The predicted molar refractivity (Wildman–Crippen MR) is 68.1 cm³/mol.